The summed E-state index contributed by atoms with van der Waals surface area (Å²) in [5.41, 5.74) is 0.789. The Morgan fingerprint density at radius 3 is 2.35 bits per heavy atom. The lowest BCUT2D eigenvalue weighted by Crippen LogP contribution is -3.06. The standard InChI is InChI=1S/C11H15Cl2N3S/c1-16(2)4-3-14-11(17)15-10-6-8(12)5-9(13)7-10/h5-7H,3-4H2,1-2H3,(H2,14,15,17)/p+1. The lowest BCUT2D eigenvalue weighted by molar-refractivity contribution is -0.856. The Bertz CT molecular complexity index is 376. The maximum Gasteiger partial charge on any atom is 0.170 e. The van der Waals surface area contributed by atoms with E-state index in [9.17, 15) is 0 Å². The number of quaternary nitrogens is 1. The van der Waals surface area contributed by atoms with Gasteiger partial charge in [-0.15, -0.1) is 0 Å². The Labute approximate surface area is 117 Å². The molecule has 1 aromatic carbocycles. The van der Waals surface area contributed by atoms with Crippen LogP contribution in [0.2, 0.25) is 10.0 Å². The fourth-order valence-electron chi connectivity index (χ4n) is 1.23. The molecule has 0 spiro atoms. The molecule has 0 radical (unpaired) electrons. The molecule has 0 bridgehead atoms. The fraction of sp³-hybridized carbons (Fsp3) is 0.364. The van der Waals surface area contributed by atoms with Crippen LogP contribution in [-0.2, 0) is 0 Å². The van der Waals surface area contributed by atoms with Gasteiger partial charge in [-0.2, -0.15) is 0 Å². The van der Waals surface area contributed by atoms with Gasteiger partial charge in [-0.25, -0.2) is 0 Å². The molecule has 3 nitrogen and oxygen atoms in total. The molecule has 0 heterocycles. The van der Waals surface area contributed by atoms with Crippen LogP contribution in [0.5, 0.6) is 0 Å². The Kier molecular flexibility index (Phi) is 5.98. The van der Waals surface area contributed by atoms with Gasteiger partial charge >= 0.3 is 0 Å². The molecule has 0 aromatic heterocycles. The van der Waals surface area contributed by atoms with Crippen LogP contribution in [0.4, 0.5) is 5.69 Å². The van der Waals surface area contributed by atoms with Gasteiger partial charge in [0, 0.05) is 15.7 Å². The predicted molar refractivity (Wildman–Crippen MR) is 78.4 cm³/mol. The van der Waals surface area contributed by atoms with E-state index in [1.165, 1.54) is 4.90 Å². The number of halogens is 2. The smallest absolute Gasteiger partial charge is 0.170 e. The van der Waals surface area contributed by atoms with Gasteiger partial charge in [0.15, 0.2) is 5.11 Å². The van der Waals surface area contributed by atoms with Crippen molar-refractivity contribution in [1.29, 1.82) is 0 Å². The van der Waals surface area contributed by atoms with Gasteiger partial charge < -0.3 is 15.5 Å². The molecule has 0 aliphatic rings. The van der Waals surface area contributed by atoms with Crippen LogP contribution in [0, 0.1) is 0 Å². The topological polar surface area (TPSA) is 28.5 Å². The van der Waals surface area contributed by atoms with Crippen LogP contribution in [0.15, 0.2) is 18.2 Å². The van der Waals surface area contributed by atoms with E-state index in [2.05, 4.69) is 24.7 Å². The van der Waals surface area contributed by atoms with Gasteiger partial charge in [-0.05, 0) is 30.4 Å². The minimum atomic E-state index is 0.574. The highest BCUT2D eigenvalue weighted by Crippen LogP contribution is 2.22. The first-order chi connectivity index (χ1) is 7.97. The molecule has 0 aliphatic carbocycles. The van der Waals surface area contributed by atoms with Crippen molar-refractivity contribution in [3.8, 4) is 0 Å². The average molecular weight is 293 g/mol. The molecular weight excluding hydrogens is 277 g/mol. The van der Waals surface area contributed by atoms with E-state index < -0.39 is 0 Å². The summed E-state index contributed by atoms with van der Waals surface area (Å²) in [6, 6.07) is 5.23. The second-order valence-corrected chi connectivity index (χ2v) is 5.28. The van der Waals surface area contributed by atoms with Crippen molar-refractivity contribution in [1.82, 2.24) is 5.32 Å². The highest BCUT2D eigenvalue weighted by atomic mass is 35.5. The lowest BCUT2D eigenvalue weighted by Gasteiger charge is -2.12. The van der Waals surface area contributed by atoms with Crippen LogP contribution in [0.1, 0.15) is 0 Å². The Balaban J connectivity index is 2.45. The normalized spacial score (nSPS) is 10.4. The van der Waals surface area contributed by atoms with Crippen LogP contribution >= 0.6 is 35.4 Å². The van der Waals surface area contributed by atoms with Crippen molar-refractivity contribution in [3.05, 3.63) is 28.2 Å². The monoisotopic (exact) mass is 292 g/mol. The number of benzene rings is 1. The number of likely N-dealkylation sites (N-methyl/N-ethyl adjacent to an activating group) is 1. The summed E-state index contributed by atoms with van der Waals surface area (Å²) in [5, 5.41) is 7.90. The summed E-state index contributed by atoms with van der Waals surface area (Å²) in [4.78, 5) is 1.37. The van der Waals surface area contributed by atoms with Crippen molar-refractivity contribution in [2.24, 2.45) is 0 Å². The number of thiocarbonyl (C=S) groups is 1. The van der Waals surface area contributed by atoms with Crippen molar-refractivity contribution in [2.75, 3.05) is 32.5 Å². The number of hydrogen-bond acceptors (Lipinski definition) is 1. The van der Waals surface area contributed by atoms with Gasteiger partial charge in [0.1, 0.15) is 0 Å². The van der Waals surface area contributed by atoms with Crippen LogP contribution < -0.4 is 15.5 Å². The zero-order chi connectivity index (χ0) is 12.8. The molecule has 3 N–H and O–H groups in total. The molecule has 0 atom stereocenters. The second-order valence-electron chi connectivity index (χ2n) is 4.00. The molecule has 0 fully saturated rings. The van der Waals surface area contributed by atoms with Crippen molar-refractivity contribution in [3.63, 3.8) is 0 Å². The number of nitrogens with one attached hydrogen (secondary N) is 3. The molecular formula is C11H16Cl2N3S+. The lowest BCUT2D eigenvalue weighted by atomic mass is 10.3. The van der Waals surface area contributed by atoms with Gasteiger partial charge in [0.2, 0.25) is 0 Å². The largest absolute Gasteiger partial charge is 0.357 e. The average Bonchev–Trinajstić information content (AvgIpc) is 2.14. The van der Waals surface area contributed by atoms with Crippen molar-refractivity contribution < 1.29 is 4.90 Å². The van der Waals surface area contributed by atoms with Crippen LogP contribution in [-0.4, -0.2) is 32.3 Å². The molecule has 17 heavy (non-hydrogen) atoms. The van der Waals surface area contributed by atoms with Crippen molar-refractivity contribution in [2.45, 2.75) is 0 Å². The quantitative estimate of drug-likeness (QED) is 0.733. The highest BCUT2D eigenvalue weighted by molar-refractivity contribution is 7.80. The molecule has 0 aliphatic heterocycles. The van der Waals surface area contributed by atoms with E-state index in [4.69, 9.17) is 35.4 Å². The number of anilines is 1. The predicted octanol–water partition coefficient (Wildman–Crippen LogP) is 1.42. The van der Waals surface area contributed by atoms with Gasteiger partial charge in [0.25, 0.3) is 0 Å². The molecule has 0 amide bonds. The summed E-state index contributed by atoms with van der Waals surface area (Å²) < 4.78 is 0. The SMILES string of the molecule is C[NH+](C)CCNC(=S)Nc1cc(Cl)cc(Cl)c1. The minimum Gasteiger partial charge on any atom is -0.357 e. The first-order valence-electron chi connectivity index (χ1n) is 5.27. The Morgan fingerprint density at radius 1 is 1.24 bits per heavy atom. The molecule has 0 unspecified atom stereocenters. The Hall–Kier alpha value is -0.550. The van der Waals surface area contributed by atoms with Crippen molar-refractivity contribution >= 4 is 46.2 Å². The molecule has 0 saturated carbocycles. The molecule has 6 heteroatoms. The highest BCUT2D eigenvalue weighted by Gasteiger charge is 2.01. The summed E-state index contributed by atoms with van der Waals surface area (Å²) >= 11 is 16.9. The van der Waals surface area contributed by atoms with Crippen LogP contribution in [0.3, 0.4) is 0 Å². The van der Waals surface area contributed by atoms with E-state index in [0.29, 0.717) is 15.2 Å². The van der Waals surface area contributed by atoms with E-state index in [1.54, 1.807) is 18.2 Å². The second kappa shape index (κ2) is 7.01. The summed E-state index contributed by atoms with van der Waals surface area (Å²) in [7, 11) is 4.18. The first kappa shape index (κ1) is 14.5. The third kappa shape index (κ3) is 6.07. The molecule has 94 valence electrons. The third-order valence-electron chi connectivity index (χ3n) is 2.03. The summed E-state index contributed by atoms with van der Waals surface area (Å²) in [5.74, 6) is 0. The van der Waals surface area contributed by atoms with E-state index in [-0.39, 0.29) is 0 Å². The zero-order valence-corrected chi connectivity index (χ0v) is 12.1. The fourth-order valence-corrected chi connectivity index (χ4v) is 1.97. The maximum absolute atomic E-state index is 5.89. The third-order valence-corrected chi connectivity index (χ3v) is 2.71. The molecule has 1 aromatic rings. The minimum absolute atomic E-state index is 0.574. The van der Waals surface area contributed by atoms with Crippen LogP contribution in [0.25, 0.3) is 0 Å². The summed E-state index contributed by atoms with van der Waals surface area (Å²) in [6.45, 7) is 1.82. The van der Waals surface area contributed by atoms with Gasteiger partial charge in [-0.1, -0.05) is 23.2 Å². The van der Waals surface area contributed by atoms with E-state index >= 15 is 0 Å². The van der Waals surface area contributed by atoms with Gasteiger partial charge in [0.05, 0.1) is 27.2 Å². The maximum atomic E-state index is 5.89. The first-order valence-corrected chi connectivity index (χ1v) is 6.44. The Morgan fingerprint density at radius 2 is 1.82 bits per heavy atom. The molecule has 0 saturated heterocycles. The zero-order valence-electron chi connectivity index (χ0n) is 9.81. The molecule has 1 rings (SSSR count). The van der Waals surface area contributed by atoms with E-state index in [1.807, 2.05) is 0 Å². The number of rotatable bonds is 4. The summed E-state index contributed by atoms with van der Waals surface area (Å²) in [6.07, 6.45) is 0. The van der Waals surface area contributed by atoms with E-state index in [0.717, 1.165) is 18.8 Å². The number of hydrogen-bond donors (Lipinski definition) is 3. The van der Waals surface area contributed by atoms with Gasteiger partial charge in [-0.3, -0.25) is 0 Å².